The maximum absolute atomic E-state index is 12.5. The van der Waals surface area contributed by atoms with Gasteiger partial charge in [0.25, 0.3) is 0 Å². The molecule has 7 nitrogen and oxygen atoms in total. The molecule has 3 rings (SSSR count). The molecule has 2 N–H and O–H groups in total. The third-order valence-electron chi connectivity index (χ3n) is 6.06. The second kappa shape index (κ2) is 8.36. The number of piperidine rings is 1. The van der Waals surface area contributed by atoms with E-state index in [9.17, 15) is 9.59 Å². The molecular weight excluding hydrogens is 320 g/mol. The largest absolute Gasteiger partial charge is 0.480 e. The van der Waals surface area contributed by atoms with Crippen molar-refractivity contribution < 1.29 is 14.7 Å². The first-order valence-corrected chi connectivity index (χ1v) is 9.82. The highest BCUT2D eigenvalue weighted by Crippen LogP contribution is 2.26. The number of nitrogens with zero attached hydrogens (tertiary/aromatic N) is 3. The number of hydrogen-bond donors (Lipinski definition) is 2. The summed E-state index contributed by atoms with van der Waals surface area (Å²) in [5.74, 6) is -0.782. The van der Waals surface area contributed by atoms with Gasteiger partial charge in [-0.25, -0.2) is 4.79 Å². The first kappa shape index (κ1) is 18.5. The van der Waals surface area contributed by atoms with Crippen molar-refractivity contribution in [1.29, 1.82) is 0 Å². The van der Waals surface area contributed by atoms with Crippen LogP contribution in [0.4, 0.5) is 4.79 Å². The Morgan fingerprint density at radius 3 is 2.52 bits per heavy atom. The van der Waals surface area contributed by atoms with E-state index in [1.165, 1.54) is 32.4 Å². The third kappa shape index (κ3) is 4.64. The van der Waals surface area contributed by atoms with Crippen molar-refractivity contribution in [3.63, 3.8) is 0 Å². The second-order valence-corrected chi connectivity index (χ2v) is 7.71. The highest BCUT2D eigenvalue weighted by Gasteiger charge is 2.37. The molecular formula is C18H32N4O3. The lowest BCUT2D eigenvalue weighted by atomic mass is 9.85. The highest BCUT2D eigenvalue weighted by molar-refractivity contribution is 5.75. The molecule has 2 saturated heterocycles. The van der Waals surface area contributed by atoms with Crippen molar-refractivity contribution in [3.05, 3.63) is 0 Å². The number of nitrogens with one attached hydrogen (secondary N) is 1. The van der Waals surface area contributed by atoms with Gasteiger partial charge >= 0.3 is 12.0 Å². The summed E-state index contributed by atoms with van der Waals surface area (Å²) in [4.78, 5) is 29.9. The van der Waals surface area contributed by atoms with Crippen LogP contribution in [0, 0.1) is 0 Å². The predicted octanol–water partition coefficient (Wildman–Crippen LogP) is 1.19. The van der Waals surface area contributed by atoms with Crippen molar-refractivity contribution in [1.82, 2.24) is 20.0 Å². The minimum atomic E-state index is -0.782. The number of rotatable bonds is 6. The topological polar surface area (TPSA) is 76.1 Å². The smallest absolute Gasteiger partial charge is 0.317 e. The molecule has 0 spiro atoms. The summed E-state index contributed by atoms with van der Waals surface area (Å²) in [7, 11) is 0. The zero-order valence-corrected chi connectivity index (χ0v) is 15.3. The van der Waals surface area contributed by atoms with Crippen LogP contribution in [0.5, 0.6) is 0 Å². The number of hydrogen-bond acceptors (Lipinski definition) is 4. The van der Waals surface area contributed by atoms with Gasteiger partial charge in [-0.1, -0.05) is 13.3 Å². The standard InChI is InChI=1S/C18H32N4O3/c1-2-20(13-17(23)24)16-10-14(11-16)19-18(25)22-9-6-15(12-22)21-7-4-3-5-8-21/h14-16H,2-13H2,1H3,(H,19,25)(H,23,24). The van der Waals surface area contributed by atoms with E-state index in [-0.39, 0.29) is 24.7 Å². The summed E-state index contributed by atoms with van der Waals surface area (Å²) in [6.45, 7) is 6.87. The average Bonchev–Trinajstić information content (AvgIpc) is 3.06. The minimum Gasteiger partial charge on any atom is -0.480 e. The molecule has 1 saturated carbocycles. The number of aliphatic carboxylic acids is 1. The maximum Gasteiger partial charge on any atom is 0.317 e. The SMILES string of the molecule is CCN(CC(=O)O)C1CC(NC(=O)N2CCC(N3CCCCC3)C2)C1. The number of amides is 2. The molecule has 0 aromatic rings. The molecule has 0 aromatic carbocycles. The Balaban J connectivity index is 1.38. The van der Waals surface area contributed by atoms with Crippen molar-refractivity contribution >= 4 is 12.0 Å². The van der Waals surface area contributed by atoms with Crippen LogP contribution in [0.25, 0.3) is 0 Å². The summed E-state index contributed by atoms with van der Waals surface area (Å²) < 4.78 is 0. The van der Waals surface area contributed by atoms with Gasteiger partial charge in [0.15, 0.2) is 0 Å². The van der Waals surface area contributed by atoms with Crippen molar-refractivity contribution in [2.45, 2.75) is 63.6 Å². The number of carbonyl (C=O) groups is 2. The van der Waals surface area contributed by atoms with Gasteiger partial charge in [0.1, 0.15) is 0 Å². The van der Waals surface area contributed by atoms with Crippen LogP contribution < -0.4 is 5.32 Å². The Morgan fingerprint density at radius 2 is 1.88 bits per heavy atom. The highest BCUT2D eigenvalue weighted by atomic mass is 16.4. The fourth-order valence-electron chi connectivity index (χ4n) is 4.45. The van der Waals surface area contributed by atoms with E-state index in [0.29, 0.717) is 6.04 Å². The van der Waals surface area contributed by atoms with Crippen LogP contribution in [-0.2, 0) is 4.79 Å². The first-order chi connectivity index (χ1) is 12.1. The van der Waals surface area contributed by atoms with Gasteiger partial charge in [0.2, 0.25) is 0 Å². The maximum atomic E-state index is 12.5. The van der Waals surface area contributed by atoms with Gasteiger partial charge in [-0.15, -0.1) is 0 Å². The van der Waals surface area contributed by atoms with Crippen LogP contribution in [0.1, 0.15) is 45.4 Å². The molecule has 7 heteroatoms. The average molecular weight is 352 g/mol. The van der Waals surface area contributed by atoms with Crippen LogP contribution in [0.15, 0.2) is 0 Å². The van der Waals surface area contributed by atoms with E-state index in [4.69, 9.17) is 5.11 Å². The summed E-state index contributed by atoms with van der Waals surface area (Å²) >= 11 is 0. The number of urea groups is 1. The quantitative estimate of drug-likeness (QED) is 0.751. The molecule has 25 heavy (non-hydrogen) atoms. The van der Waals surface area contributed by atoms with Crippen molar-refractivity contribution in [3.8, 4) is 0 Å². The summed E-state index contributed by atoms with van der Waals surface area (Å²) in [5, 5.41) is 12.1. The van der Waals surface area contributed by atoms with Gasteiger partial charge in [-0.2, -0.15) is 0 Å². The Bertz CT molecular complexity index is 475. The molecule has 1 unspecified atom stereocenters. The Kier molecular flexibility index (Phi) is 6.17. The number of carboxylic acid groups (broad SMARTS) is 1. The van der Waals surface area contributed by atoms with E-state index in [1.807, 2.05) is 16.7 Å². The van der Waals surface area contributed by atoms with Crippen LogP contribution in [0.2, 0.25) is 0 Å². The predicted molar refractivity (Wildman–Crippen MR) is 95.6 cm³/mol. The first-order valence-electron chi connectivity index (χ1n) is 9.82. The number of carboxylic acids is 1. The van der Waals surface area contributed by atoms with E-state index in [0.717, 1.165) is 38.9 Å². The molecule has 3 fully saturated rings. The summed E-state index contributed by atoms with van der Waals surface area (Å²) in [5.41, 5.74) is 0. The molecule has 0 radical (unpaired) electrons. The summed E-state index contributed by atoms with van der Waals surface area (Å²) in [6.07, 6.45) is 6.72. The molecule has 0 aromatic heterocycles. The minimum absolute atomic E-state index is 0.0595. The van der Waals surface area contributed by atoms with E-state index in [2.05, 4.69) is 10.2 Å². The molecule has 3 aliphatic rings. The zero-order valence-electron chi connectivity index (χ0n) is 15.3. The Labute approximate surface area is 150 Å². The van der Waals surface area contributed by atoms with Crippen LogP contribution in [0.3, 0.4) is 0 Å². The van der Waals surface area contributed by atoms with E-state index < -0.39 is 5.97 Å². The molecule has 2 amide bonds. The fourth-order valence-corrected chi connectivity index (χ4v) is 4.45. The molecule has 1 aliphatic carbocycles. The lowest BCUT2D eigenvalue weighted by molar-refractivity contribution is -0.139. The zero-order chi connectivity index (χ0) is 17.8. The normalized spacial score (nSPS) is 30.3. The Morgan fingerprint density at radius 1 is 1.16 bits per heavy atom. The number of carbonyl (C=O) groups excluding carboxylic acids is 1. The molecule has 142 valence electrons. The fraction of sp³-hybridized carbons (Fsp3) is 0.889. The van der Waals surface area contributed by atoms with Gasteiger partial charge in [-0.3, -0.25) is 14.6 Å². The van der Waals surface area contributed by atoms with E-state index in [1.54, 1.807) is 0 Å². The van der Waals surface area contributed by atoms with Gasteiger partial charge in [0.05, 0.1) is 6.54 Å². The molecule has 2 heterocycles. The van der Waals surface area contributed by atoms with Gasteiger partial charge in [-0.05, 0) is 51.7 Å². The molecule has 1 atom stereocenters. The Hall–Kier alpha value is -1.34. The lowest BCUT2D eigenvalue weighted by Gasteiger charge is -2.42. The number of likely N-dealkylation sites (N-methyl/N-ethyl adjacent to an activating group) is 1. The number of likely N-dealkylation sites (tertiary alicyclic amines) is 2. The molecule has 2 aliphatic heterocycles. The summed E-state index contributed by atoms with van der Waals surface area (Å²) in [6, 6.07) is 1.07. The third-order valence-corrected chi connectivity index (χ3v) is 6.06. The monoisotopic (exact) mass is 352 g/mol. The van der Waals surface area contributed by atoms with Crippen molar-refractivity contribution in [2.24, 2.45) is 0 Å². The lowest BCUT2D eigenvalue weighted by Crippen LogP contribution is -2.56. The van der Waals surface area contributed by atoms with Gasteiger partial charge in [0, 0.05) is 31.2 Å². The van der Waals surface area contributed by atoms with Crippen LogP contribution >= 0.6 is 0 Å². The van der Waals surface area contributed by atoms with Crippen molar-refractivity contribution in [2.75, 3.05) is 39.3 Å². The van der Waals surface area contributed by atoms with Crippen LogP contribution in [-0.4, -0.2) is 89.2 Å². The van der Waals surface area contributed by atoms with E-state index >= 15 is 0 Å². The molecule has 0 bridgehead atoms. The second-order valence-electron chi connectivity index (χ2n) is 7.71. The van der Waals surface area contributed by atoms with Gasteiger partial charge < -0.3 is 15.3 Å².